The van der Waals surface area contributed by atoms with Crippen LogP contribution in [-0.4, -0.2) is 19.1 Å². The highest BCUT2D eigenvalue weighted by molar-refractivity contribution is 5.15. The lowest BCUT2D eigenvalue weighted by atomic mass is 9.89. The van der Waals surface area contributed by atoms with E-state index in [4.69, 9.17) is 6.42 Å². The molecular formula is C16H21FN2. The Labute approximate surface area is 114 Å². The van der Waals surface area contributed by atoms with Crippen LogP contribution in [0.5, 0.6) is 0 Å². The van der Waals surface area contributed by atoms with Crippen LogP contribution >= 0.6 is 0 Å². The zero-order valence-electron chi connectivity index (χ0n) is 11.2. The van der Waals surface area contributed by atoms with E-state index >= 15 is 0 Å². The molecule has 2 atom stereocenters. The third-order valence-electron chi connectivity index (χ3n) is 3.75. The molecule has 0 aliphatic carbocycles. The van der Waals surface area contributed by atoms with Crippen molar-refractivity contribution in [3.63, 3.8) is 0 Å². The maximum absolute atomic E-state index is 12.8. The maximum Gasteiger partial charge on any atom is 0.123 e. The van der Waals surface area contributed by atoms with Crippen molar-refractivity contribution in [2.75, 3.05) is 13.1 Å². The minimum absolute atomic E-state index is 0.183. The van der Waals surface area contributed by atoms with Crippen LogP contribution in [0.1, 0.15) is 24.8 Å². The summed E-state index contributed by atoms with van der Waals surface area (Å²) >= 11 is 0. The van der Waals surface area contributed by atoms with Crippen molar-refractivity contribution >= 4 is 0 Å². The van der Waals surface area contributed by atoms with Crippen molar-refractivity contribution < 1.29 is 4.39 Å². The summed E-state index contributed by atoms with van der Waals surface area (Å²) in [6.45, 7) is 2.87. The van der Waals surface area contributed by atoms with Crippen molar-refractivity contribution in [3.8, 4) is 12.3 Å². The molecule has 0 unspecified atom stereocenters. The Bertz CT molecular complexity index is 421. The van der Waals surface area contributed by atoms with E-state index in [0.717, 1.165) is 44.5 Å². The fraction of sp³-hybridized carbons (Fsp3) is 0.500. The lowest BCUT2D eigenvalue weighted by Crippen LogP contribution is -2.47. The van der Waals surface area contributed by atoms with Crippen LogP contribution in [0.25, 0.3) is 0 Å². The first-order chi connectivity index (χ1) is 9.29. The van der Waals surface area contributed by atoms with Crippen LogP contribution < -0.4 is 10.6 Å². The number of piperidine rings is 1. The smallest absolute Gasteiger partial charge is 0.123 e. The van der Waals surface area contributed by atoms with E-state index in [1.54, 1.807) is 0 Å². The molecule has 0 spiro atoms. The molecular weight excluding hydrogens is 239 g/mol. The van der Waals surface area contributed by atoms with E-state index in [9.17, 15) is 4.39 Å². The van der Waals surface area contributed by atoms with Crippen molar-refractivity contribution in [2.45, 2.75) is 31.8 Å². The molecule has 3 heteroatoms. The predicted molar refractivity (Wildman–Crippen MR) is 76.1 cm³/mol. The van der Waals surface area contributed by atoms with Gasteiger partial charge in [-0.3, -0.25) is 0 Å². The van der Waals surface area contributed by atoms with E-state index in [0.29, 0.717) is 12.0 Å². The van der Waals surface area contributed by atoms with Crippen molar-refractivity contribution in [3.05, 3.63) is 35.6 Å². The van der Waals surface area contributed by atoms with Gasteiger partial charge in [-0.1, -0.05) is 12.1 Å². The van der Waals surface area contributed by atoms with Crippen LogP contribution in [0, 0.1) is 24.1 Å². The molecule has 1 aromatic carbocycles. The summed E-state index contributed by atoms with van der Waals surface area (Å²) in [5.74, 6) is 3.12. The first-order valence-corrected chi connectivity index (χ1v) is 6.91. The zero-order chi connectivity index (χ0) is 13.5. The Morgan fingerprint density at radius 3 is 2.89 bits per heavy atom. The van der Waals surface area contributed by atoms with Gasteiger partial charge >= 0.3 is 0 Å². The number of terminal acetylenes is 1. The van der Waals surface area contributed by atoms with Crippen molar-refractivity contribution in [1.29, 1.82) is 0 Å². The van der Waals surface area contributed by atoms with Crippen molar-refractivity contribution in [1.82, 2.24) is 10.6 Å². The minimum Gasteiger partial charge on any atom is -0.316 e. The summed E-state index contributed by atoms with van der Waals surface area (Å²) in [5, 5.41) is 7.01. The second-order valence-electron chi connectivity index (χ2n) is 5.11. The molecule has 1 fully saturated rings. The molecule has 102 valence electrons. The summed E-state index contributed by atoms with van der Waals surface area (Å²) < 4.78 is 12.8. The number of halogens is 1. The second kappa shape index (κ2) is 7.28. The molecule has 2 nitrogen and oxygen atoms in total. The summed E-state index contributed by atoms with van der Waals surface area (Å²) in [5.41, 5.74) is 1.12. The molecule has 1 heterocycles. The van der Waals surface area contributed by atoms with Gasteiger partial charge in [-0.15, -0.1) is 12.3 Å². The van der Waals surface area contributed by atoms with Gasteiger partial charge in [0.15, 0.2) is 0 Å². The van der Waals surface area contributed by atoms with Crippen molar-refractivity contribution in [2.24, 2.45) is 5.92 Å². The van der Waals surface area contributed by atoms with E-state index in [2.05, 4.69) is 16.6 Å². The Hall–Kier alpha value is -1.37. The molecule has 2 N–H and O–H groups in total. The largest absolute Gasteiger partial charge is 0.316 e. The van der Waals surface area contributed by atoms with Gasteiger partial charge in [0.1, 0.15) is 5.82 Å². The molecule has 0 radical (unpaired) electrons. The van der Waals surface area contributed by atoms with E-state index in [1.807, 2.05) is 12.1 Å². The van der Waals surface area contributed by atoms with Gasteiger partial charge in [-0.25, -0.2) is 4.39 Å². The van der Waals surface area contributed by atoms with E-state index < -0.39 is 0 Å². The molecule has 19 heavy (non-hydrogen) atoms. The molecule has 0 amide bonds. The third kappa shape index (κ3) is 4.34. The summed E-state index contributed by atoms with van der Waals surface area (Å²) in [7, 11) is 0. The van der Waals surface area contributed by atoms with Crippen LogP contribution in [0.15, 0.2) is 24.3 Å². The lowest BCUT2D eigenvalue weighted by Gasteiger charge is -2.32. The number of benzene rings is 1. The normalized spacial score (nSPS) is 22.9. The van der Waals surface area contributed by atoms with Crippen LogP contribution in [0.3, 0.4) is 0 Å². The monoisotopic (exact) mass is 260 g/mol. The Balaban J connectivity index is 1.85. The topological polar surface area (TPSA) is 24.1 Å². The van der Waals surface area contributed by atoms with E-state index in [-0.39, 0.29) is 5.82 Å². The predicted octanol–water partition coefficient (Wildman–Crippen LogP) is 2.31. The fourth-order valence-corrected chi connectivity index (χ4v) is 2.61. The van der Waals surface area contributed by atoms with Crippen LogP contribution in [-0.2, 0) is 6.54 Å². The number of hydrogen-bond acceptors (Lipinski definition) is 2. The molecule has 0 aromatic heterocycles. The molecule has 1 saturated heterocycles. The van der Waals surface area contributed by atoms with Gasteiger partial charge in [0.25, 0.3) is 0 Å². The maximum atomic E-state index is 12.8. The highest BCUT2D eigenvalue weighted by Crippen LogP contribution is 2.17. The lowest BCUT2D eigenvalue weighted by molar-refractivity contribution is 0.265. The van der Waals surface area contributed by atoms with Gasteiger partial charge in [-0.2, -0.15) is 0 Å². The Morgan fingerprint density at radius 1 is 1.37 bits per heavy atom. The van der Waals surface area contributed by atoms with Crippen LogP contribution in [0.2, 0.25) is 0 Å². The van der Waals surface area contributed by atoms with Gasteiger partial charge in [0.2, 0.25) is 0 Å². The quantitative estimate of drug-likeness (QED) is 0.794. The molecule has 1 aromatic rings. The second-order valence-corrected chi connectivity index (χ2v) is 5.11. The fourth-order valence-electron chi connectivity index (χ4n) is 2.61. The molecule has 2 rings (SSSR count). The molecule has 0 bridgehead atoms. The first kappa shape index (κ1) is 14.0. The summed E-state index contributed by atoms with van der Waals surface area (Å²) in [6.07, 6.45) is 8.36. The Kier molecular flexibility index (Phi) is 5.38. The minimum atomic E-state index is -0.183. The molecule has 1 aliphatic heterocycles. The molecule has 1 aliphatic rings. The standard InChI is InChI=1S/C16H21FN2/c1-2-3-4-14-12-18-10-9-16(14)19-11-13-5-7-15(17)8-6-13/h1,5-8,14,16,18-19H,3-4,9-12H2/t14-,16-/m1/s1. The molecule has 0 saturated carbocycles. The number of hydrogen-bond donors (Lipinski definition) is 2. The zero-order valence-corrected chi connectivity index (χ0v) is 11.2. The van der Waals surface area contributed by atoms with Gasteiger partial charge in [0, 0.05) is 19.0 Å². The SMILES string of the molecule is C#CCC[C@@H]1CNCC[C@H]1NCc1ccc(F)cc1. The van der Waals surface area contributed by atoms with Gasteiger partial charge in [-0.05, 0) is 49.5 Å². The average molecular weight is 260 g/mol. The van der Waals surface area contributed by atoms with E-state index in [1.165, 1.54) is 12.1 Å². The first-order valence-electron chi connectivity index (χ1n) is 6.91. The Morgan fingerprint density at radius 2 is 2.16 bits per heavy atom. The third-order valence-corrected chi connectivity index (χ3v) is 3.75. The van der Waals surface area contributed by atoms with Gasteiger partial charge < -0.3 is 10.6 Å². The number of nitrogens with one attached hydrogen (secondary N) is 2. The van der Waals surface area contributed by atoms with Crippen LogP contribution in [0.4, 0.5) is 4.39 Å². The highest BCUT2D eigenvalue weighted by Gasteiger charge is 2.23. The number of rotatable bonds is 5. The summed E-state index contributed by atoms with van der Waals surface area (Å²) in [6, 6.07) is 7.18. The van der Waals surface area contributed by atoms with Gasteiger partial charge in [0.05, 0.1) is 0 Å². The average Bonchev–Trinajstić information content (AvgIpc) is 2.45. The summed E-state index contributed by atoms with van der Waals surface area (Å²) in [4.78, 5) is 0. The highest BCUT2D eigenvalue weighted by atomic mass is 19.1.